The Morgan fingerprint density at radius 3 is 2.08 bits per heavy atom. The number of nitrogens with one attached hydrogen (secondary N) is 1. The molecule has 0 aliphatic carbocycles. The molecule has 0 aromatic rings. The van der Waals surface area contributed by atoms with E-state index in [1.54, 1.807) is 0 Å². The van der Waals surface area contributed by atoms with Crippen LogP contribution in [-0.4, -0.2) is 20.2 Å². The van der Waals surface area contributed by atoms with Gasteiger partial charge in [0.25, 0.3) is 0 Å². The van der Waals surface area contributed by atoms with E-state index in [1.165, 1.54) is 0 Å². The number of hydrogen-bond donors (Lipinski definition) is 1. The second kappa shape index (κ2) is 4.24. The highest BCUT2D eigenvalue weighted by atomic mass is 32.2. The molecule has 0 fully saturated rings. The van der Waals surface area contributed by atoms with Crippen LogP contribution in [0.15, 0.2) is 12.2 Å². The van der Waals surface area contributed by atoms with E-state index >= 15 is 0 Å². The Morgan fingerprint density at radius 2 is 1.77 bits per heavy atom. The molecule has 0 atom stereocenters. The Balaban J connectivity index is 4.42. The van der Waals surface area contributed by atoms with Crippen LogP contribution in [0.2, 0.25) is 0 Å². The lowest BCUT2D eigenvalue weighted by Gasteiger charge is -2.20. The Hall–Kier alpha value is -0.350. The van der Waals surface area contributed by atoms with E-state index in [0.717, 1.165) is 6.26 Å². The predicted molar refractivity (Wildman–Crippen MR) is 56.0 cm³/mol. The van der Waals surface area contributed by atoms with E-state index < -0.39 is 15.6 Å². The summed E-state index contributed by atoms with van der Waals surface area (Å²) < 4.78 is 24.4. The van der Waals surface area contributed by atoms with Crippen molar-refractivity contribution < 1.29 is 8.42 Å². The molecule has 3 nitrogen and oxygen atoms in total. The fourth-order valence-electron chi connectivity index (χ4n) is 0.945. The van der Waals surface area contributed by atoms with Crippen LogP contribution in [-0.2, 0) is 10.0 Å². The van der Waals surface area contributed by atoms with Crippen LogP contribution < -0.4 is 4.72 Å². The minimum absolute atomic E-state index is 0.431. The smallest absolute Gasteiger partial charge is 0.209 e. The molecule has 78 valence electrons. The topological polar surface area (TPSA) is 46.2 Å². The van der Waals surface area contributed by atoms with Crippen molar-refractivity contribution >= 4 is 10.0 Å². The van der Waals surface area contributed by atoms with Crippen LogP contribution in [0.3, 0.4) is 0 Å². The molecule has 4 heteroatoms. The van der Waals surface area contributed by atoms with Gasteiger partial charge in [-0.25, -0.2) is 13.1 Å². The average Bonchev–Trinajstić information content (AvgIpc) is 1.78. The molecule has 0 amide bonds. The Labute approximate surface area is 81.3 Å². The van der Waals surface area contributed by atoms with Crippen molar-refractivity contribution in [3.63, 3.8) is 0 Å². The second-order valence-corrected chi connectivity index (χ2v) is 5.95. The molecule has 1 N–H and O–H groups in total. The number of sulfonamides is 1. The molecule has 0 rings (SSSR count). The summed E-state index contributed by atoms with van der Waals surface area (Å²) in [5.41, 5.74) is -0.502. The first kappa shape index (κ1) is 12.7. The second-order valence-electron chi connectivity index (χ2n) is 4.20. The van der Waals surface area contributed by atoms with Crippen molar-refractivity contribution in [1.29, 1.82) is 0 Å². The van der Waals surface area contributed by atoms with Crippen LogP contribution in [0.1, 0.15) is 27.7 Å². The van der Waals surface area contributed by atoms with Crippen molar-refractivity contribution in [2.75, 3.05) is 6.26 Å². The molecule has 0 bridgehead atoms. The Bertz CT molecular complexity index is 276. The molecule has 0 aliphatic rings. The van der Waals surface area contributed by atoms with Gasteiger partial charge in [0.1, 0.15) is 0 Å². The summed E-state index contributed by atoms with van der Waals surface area (Å²) in [6.07, 6.45) is 5.02. The van der Waals surface area contributed by atoms with Crippen molar-refractivity contribution in [3.05, 3.63) is 12.2 Å². The first-order valence-corrected chi connectivity index (χ1v) is 6.20. The monoisotopic (exact) mass is 205 g/mol. The maximum absolute atomic E-state index is 10.9. The normalized spacial score (nSPS) is 14.3. The third-order valence-corrected chi connectivity index (χ3v) is 2.24. The van der Waals surface area contributed by atoms with Gasteiger partial charge in [0.05, 0.1) is 6.26 Å². The quantitative estimate of drug-likeness (QED) is 0.707. The SMILES string of the molecule is CC(C)/C=C/C(C)(C)NS(C)(=O)=O. The third kappa shape index (κ3) is 7.99. The van der Waals surface area contributed by atoms with Crippen molar-refractivity contribution in [3.8, 4) is 0 Å². The maximum Gasteiger partial charge on any atom is 0.209 e. The van der Waals surface area contributed by atoms with Crippen LogP contribution in [0, 0.1) is 5.92 Å². The summed E-state index contributed by atoms with van der Waals surface area (Å²) in [6, 6.07) is 0. The zero-order valence-electron chi connectivity index (χ0n) is 8.96. The zero-order valence-corrected chi connectivity index (χ0v) is 9.77. The van der Waals surface area contributed by atoms with E-state index in [2.05, 4.69) is 4.72 Å². The van der Waals surface area contributed by atoms with E-state index in [9.17, 15) is 8.42 Å². The highest BCUT2D eigenvalue weighted by Gasteiger charge is 2.18. The fourth-order valence-corrected chi connectivity index (χ4v) is 1.97. The lowest BCUT2D eigenvalue weighted by molar-refractivity contribution is 0.532. The van der Waals surface area contributed by atoms with Crippen molar-refractivity contribution in [2.45, 2.75) is 33.2 Å². The number of rotatable bonds is 4. The van der Waals surface area contributed by atoms with Gasteiger partial charge in [-0.05, 0) is 19.8 Å². The van der Waals surface area contributed by atoms with Gasteiger partial charge in [-0.2, -0.15) is 0 Å². The Morgan fingerprint density at radius 1 is 1.31 bits per heavy atom. The zero-order chi connectivity index (χ0) is 10.7. The minimum Gasteiger partial charge on any atom is -0.213 e. The molecular weight excluding hydrogens is 186 g/mol. The summed E-state index contributed by atoms with van der Waals surface area (Å²) in [5.74, 6) is 0.431. The maximum atomic E-state index is 10.9. The average molecular weight is 205 g/mol. The first-order chi connectivity index (χ1) is 5.62. The summed E-state index contributed by atoms with van der Waals surface area (Å²) in [5, 5.41) is 0. The highest BCUT2D eigenvalue weighted by Crippen LogP contribution is 2.08. The lowest BCUT2D eigenvalue weighted by atomic mass is 10.0. The molecule has 0 spiro atoms. The highest BCUT2D eigenvalue weighted by molar-refractivity contribution is 7.88. The van der Waals surface area contributed by atoms with Crippen molar-refractivity contribution in [1.82, 2.24) is 4.72 Å². The predicted octanol–water partition coefficient (Wildman–Crippen LogP) is 1.53. The van der Waals surface area contributed by atoms with Gasteiger partial charge in [0.2, 0.25) is 10.0 Å². The molecule has 0 radical (unpaired) electrons. The number of allylic oxidation sites excluding steroid dienone is 1. The lowest BCUT2D eigenvalue weighted by Crippen LogP contribution is -2.41. The van der Waals surface area contributed by atoms with Gasteiger partial charge < -0.3 is 0 Å². The van der Waals surface area contributed by atoms with Gasteiger partial charge in [-0.3, -0.25) is 0 Å². The molecule has 0 unspecified atom stereocenters. The summed E-state index contributed by atoms with van der Waals surface area (Å²) >= 11 is 0. The molecule has 0 saturated heterocycles. The van der Waals surface area contributed by atoms with Crippen LogP contribution in [0.5, 0.6) is 0 Å². The molecule has 0 saturated carbocycles. The van der Waals surface area contributed by atoms with Crippen LogP contribution >= 0.6 is 0 Å². The van der Waals surface area contributed by atoms with Gasteiger partial charge in [-0.1, -0.05) is 26.0 Å². The van der Waals surface area contributed by atoms with E-state index in [-0.39, 0.29) is 0 Å². The fraction of sp³-hybridized carbons (Fsp3) is 0.778. The summed E-state index contributed by atoms with van der Waals surface area (Å²) in [6.45, 7) is 7.75. The van der Waals surface area contributed by atoms with Gasteiger partial charge in [0.15, 0.2) is 0 Å². The molecule has 0 aromatic heterocycles. The Kier molecular flexibility index (Phi) is 4.13. The molecule has 0 heterocycles. The van der Waals surface area contributed by atoms with Gasteiger partial charge in [-0.15, -0.1) is 0 Å². The van der Waals surface area contributed by atoms with E-state index in [1.807, 2.05) is 39.8 Å². The van der Waals surface area contributed by atoms with E-state index in [0.29, 0.717) is 5.92 Å². The molecule has 13 heavy (non-hydrogen) atoms. The standard InChI is InChI=1S/C9H19NO2S/c1-8(2)6-7-9(3,4)10-13(5,11)12/h6-8,10H,1-5H3/b7-6+. The molecule has 0 aliphatic heterocycles. The minimum atomic E-state index is -3.13. The third-order valence-electron chi connectivity index (χ3n) is 1.35. The van der Waals surface area contributed by atoms with Crippen LogP contribution in [0.25, 0.3) is 0 Å². The van der Waals surface area contributed by atoms with Crippen LogP contribution in [0.4, 0.5) is 0 Å². The first-order valence-electron chi connectivity index (χ1n) is 4.31. The molecule has 0 aromatic carbocycles. The summed E-state index contributed by atoms with van der Waals surface area (Å²) in [4.78, 5) is 0. The largest absolute Gasteiger partial charge is 0.213 e. The van der Waals surface area contributed by atoms with Crippen molar-refractivity contribution in [2.24, 2.45) is 5.92 Å². The van der Waals surface area contributed by atoms with Gasteiger partial charge >= 0.3 is 0 Å². The van der Waals surface area contributed by atoms with Gasteiger partial charge in [0, 0.05) is 5.54 Å². The molecular formula is C9H19NO2S. The van der Waals surface area contributed by atoms with E-state index in [4.69, 9.17) is 0 Å². The number of hydrogen-bond acceptors (Lipinski definition) is 2. The summed E-state index contributed by atoms with van der Waals surface area (Å²) in [7, 11) is -3.13.